The second-order valence-corrected chi connectivity index (χ2v) is 7.22. The molecular formula is C17H30N2. The SMILES string of the molecule is CC(C)=CCN1CCC(NC(C2CC2)C2CC2)CC1. The topological polar surface area (TPSA) is 15.3 Å². The first-order valence-corrected chi connectivity index (χ1v) is 8.34. The number of hydrogen-bond acceptors (Lipinski definition) is 2. The van der Waals surface area contributed by atoms with Crippen LogP contribution in [0.15, 0.2) is 11.6 Å². The average Bonchev–Trinajstić information content (AvgIpc) is 3.28. The van der Waals surface area contributed by atoms with Crippen molar-refractivity contribution < 1.29 is 0 Å². The molecular weight excluding hydrogens is 232 g/mol. The maximum Gasteiger partial charge on any atom is 0.0165 e. The van der Waals surface area contributed by atoms with Crippen LogP contribution >= 0.6 is 0 Å². The van der Waals surface area contributed by atoms with Crippen LogP contribution in [-0.2, 0) is 0 Å². The van der Waals surface area contributed by atoms with Gasteiger partial charge in [-0.2, -0.15) is 0 Å². The smallest absolute Gasteiger partial charge is 0.0165 e. The molecule has 0 spiro atoms. The Labute approximate surface area is 118 Å². The fourth-order valence-corrected chi connectivity index (χ4v) is 3.43. The molecule has 2 heteroatoms. The zero-order valence-corrected chi connectivity index (χ0v) is 12.7. The van der Waals surface area contributed by atoms with Crippen molar-refractivity contribution >= 4 is 0 Å². The molecule has 0 aromatic heterocycles. The van der Waals surface area contributed by atoms with Crippen molar-refractivity contribution in [3.63, 3.8) is 0 Å². The summed E-state index contributed by atoms with van der Waals surface area (Å²) in [5.74, 6) is 2.08. The Kier molecular flexibility index (Phi) is 4.28. The largest absolute Gasteiger partial charge is 0.311 e. The Morgan fingerprint density at radius 1 is 1.05 bits per heavy atom. The van der Waals surface area contributed by atoms with E-state index >= 15 is 0 Å². The minimum Gasteiger partial charge on any atom is -0.311 e. The van der Waals surface area contributed by atoms with Gasteiger partial charge in [-0.15, -0.1) is 0 Å². The highest BCUT2D eigenvalue weighted by atomic mass is 15.1. The average molecular weight is 262 g/mol. The molecule has 108 valence electrons. The third-order valence-corrected chi connectivity index (χ3v) is 5.03. The molecule has 2 nitrogen and oxygen atoms in total. The van der Waals surface area contributed by atoms with Crippen LogP contribution in [0.5, 0.6) is 0 Å². The standard InChI is InChI=1S/C17H30N2/c1-13(2)7-10-19-11-8-16(9-12-19)18-17(14-3-4-14)15-5-6-15/h7,14-18H,3-6,8-12H2,1-2H3. The van der Waals surface area contributed by atoms with E-state index in [0.29, 0.717) is 0 Å². The Morgan fingerprint density at radius 3 is 2.11 bits per heavy atom. The van der Waals surface area contributed by atoms with Gasteiger partial charge in [-0.05, 0) is 77.3 Å². The normalized spacial score (nSPS) is 25.8. The number of hydrogen-bond donors (Lipinski definition) is 1. The van der Waals surface area contributed by atoms with E-state index in [1.54, 1.807) is 0 Å². The van der Waals surface area contributed by atoms with Gasteiger partial charge in [0.25, 0.3) is 0 Å². The van der Waals surface area contributed by atoms with Gasteiger partial charge >= 0.3 is 0 Å². The van der Waals surface area contributed by atoms with E-state index in [4.69, 9.17) is 0 Å². The lowest BCUT2D eigenvalue weighted by Crippen LogP contribution is -2.47. The second kappa shape index (κ2) is 5.97. The van der Waals surface area contributed by atoms with E-state index in [0.717, 1.165) is 30.5 Å². The molecule has 0 aromatic rings. The maximum atomic E-state index is 4.02. The van der Waals surface area contributed by atoms with Gasteiger partial charge in [0.05, 0.1) is 0 Å². The first-order valence-electron chi connectivity index (χ1n) is 8.34. The fourth-order valence-electron chi connectivity index (χ4n) is 3.43. The summed E-state index contributed by atoms with van der Waals surface area (Å²) in [7, 11) is 0. The predicted molar refractivity (Wildman–Crippen MR) is 81.3 cm³/mol. The predicted octanol–water partition coefficient (Wildman–Crippen LogP) is 3.20. The summed E-state index contributed by atoms with van der Waals surface area (Å²) in [6.45, 7) is 8.12. The van der Waals surface area contributed by atoms with Crippen molar-refractivity contribution in [2.75, 3.05) is 19.6 Å². The Bertz CT molecular complexity index is 304. The third-order valence-electron chi connectivity index (χ3n) is 5.03. The van der Waals surface area contributed by atoms with Gasteiger partial charge in [0.2, 0.25) is 0 Å². The summed E-state index contributed by atoms with van der Waals surface area (Å²) in [5, 5.41) is 4.02. The van der Waals surface area contributed by atoms with Crippen LogP contribution in [0.3, 0.4) is 0 Å². The molecule has 0 bridgehead atoms. The van der Waals surface area contributed by atoms with Gasteiger partial charge in [-0.1, -0.05) is 11.6 Å². The number of piperidine rings is 1. The first kappa shape index (κ1) is 13.6. The zero-order valence-electron chi connectivity index (χ0n) is 12.7. The van der Waals surface area contributed by atoms with Crippen LogP contribution in [0, 0.1) is 11.8 Å². The van der Waals surface area contributed by atoms with Crippen LogP contribution in [0.4, 0.5) is 0 Å². The highest BCUT2D eigenvalue weighted by molar-refractivity contribution is 4.99. The van der Waals surface area contributed by atoms with Crippen molar-refractivity contribution in [1.82, 2.24) is 10.2 Å². The number of rotatable bonds is 6. The van der Waals surface area contributed by atoms with Crippen LogP contribution in [0.1, 0.15) is 52.4 Å². The molecule has 19 heavy (non-hydrogen) atoms. The van der Waals surface area contributed by atoms with Gasteiger partial charge in [0, 0.05) is 18.6 Å². The molecule has 1 heterocycles. The molecule has 1 N–H and O–H groups in total. The Hall–Kier alpha value is -0.340. The van der Waals surface area contributed by atoms with E-state index in [1.165, 1.54) is 57.2 Å². The molecule has 2 saturated carbocycles. The van der Waals surface area contributed by atoms with Gasteiger partial charge in [0.15, 0.2) is 0 Å². The lowest BCUT2D eigenvalue weighted by atomic mass is 10.00. The lowest BCUT2D eigenvalue weighted by Gasteiger charge is -2.34. The van der Waals surface area contributed by atoms with Crippen LogP contribution in [0.25, 0.3) is 0 Å². The van der Waals surface area contributed by atoms with Crippen molar-refractivity contribution in [3.8, 4) is 0 Å². The lowest BCUT2D eigenvalue weighted by molar-refractivity contribution is 0.198. The molecule has 0 atom stereocenters. The molecule has 1 aliphatic heterocycles. The van der Waals surface area contributed by atoms with Crippen LogP contribution < -0.4 is 5.32 Å². The van der Waals surface area contributed by atoms with E-state index in [1.807, 2.05) is 0 Å². The molecule has 3 aliphatic rings. The molecule has 0 radical (unpaired) electrons. The van der Waals surface area contributed by atoms with Crippen LogP contribution in [-0.4, -0.2) is 36.6 Å². The summed E-state index contributed by atoms with van der Waals surface area (Å²) >= 11 is 0. The van der Waals surface area contributed by atoms with Crippen molar-refractivity contribution in [2.24, 2.45) is 11.8 Å². The van der Waals surface area contributed by atoms with Gasteiger partial charge in [-0.3, -0.25) is 4.90 Å². The molecule has 3 rings (SSSR count). The summed E-state index contributed by atoms with van der Waals surface area (Å²) < 4.78 is 0. The van der Waals surface area contributed by atoms with Crippen molar-refractivity contribution in [2.45, 2.75) is 64.5 Å². The highest BCUT2D eigenvalue weighted by Gasteiger charge is 2.42. The Balaban J connectivity index is 1.41. The number of nitrogens with zero attached hydrogens (tertiary/aromatic N) is 1. The summed E-state index contributed by atoms with van der Waals surface area (Å²) in [5.41, 5.74) is 1.45. The van der Waals surface area contributed by atoms with Crippen LogP contribution in [0.2, 0.25) is 0 Å². The Morgan fingerprint density at radius 2 is 1.63 bits per heavy atom. The minimum atomic E-state index is 0.800. The zero-order chi connectivity index (χ0) is 13.2. The quantitative estimate of drug-likeness (QED) is 0.740. The van der Waals surface area contributed by atoms with Crippen molar-refractivity contribution in [1.29, 1.82) is 0 Å². The van der Waals surface area contributed by atoms with E-state index < -0.39 is 0 Å². The van der Waals surface area contributed by atoms with E-state index in [2.05, 4.69) is 30.1 Å². The second-order valence-electron chi connectivity index (χ2n) is 7.22. The molecule has 3 fully saturated rings. The van der Waals surface area contributed by atoms with Gasteiger partial charge in [0.1, 0.15) is 0 Å². The number of allylic oxidation sites excluding steroid dienone is 1. The molecule has 0 amide bonds. The number of nitrogens with one attached hydrogen (secondary N) is 1. The molecule has 1 saturated heterocycles. The summed E-state index contributed by atoms with van der Waals surface area (Å²) in [4.78, 5) is 2.61. The van der Waals surface area contributed by atoms with Crippen molar-refractivity contribution in [3.05, 3.63) is 11.6 Å². The maximum absolute atomic E-state index is 4.02. The molecule has 0 unspecified atom stereocenters. The monoisotopic (exact) mass is 262 g/mol. The highest BCUT2D eigenvalue weighted by Crippen LogP contribution is 2.44. The summed E-state index contributed by atoms with van der Waals surface area (Å²) in [6, 6.07) is 1.68. The minimum absolute atomic E-state index is 0.800. The van der Waals surface area contributed by atoms with Gasteiger partial charge < -0.3 is 5.32 Å². The number of likely N-dealkylation sites (tertiary alicyclic amines) is 1. The fraction of sp³-hybridized carbons (Fsp3) is 0.882. The summed E-state index contributed by atoms with van der Waals surface area (Å²) in [6.07, 6.45) is 11.0. The van der Waals surface area contributed by atoms with Gasteiger partial charge in [-0.25, -0.2) is 0 Å². The molecule has 0 aromatic carbocycles. The molecule has 2 aliphatic carbocycles. The van der Waals surface area contributed by atoms with E-state index in [-0.39, 0.29) is 0 Å². The first-order chi connectivity index (χ1) is 9.22. The third kappa shape index (κ3) is 4.06. The van der Waals surface area contributed by atoms with E-state index in [9.17, 15) is 0 Å².